The highest BCUT2D eigenvalue weighted by atomic mass is 16.2. The fourth-order valence-corrected chi connectivity index (χ4v) is 2.62. The fourth-order valence-electron chi connectivity index (χ4n) is 2.62. The van der Waals surface area contributed by atoms with Crippen LogP contribution in [0.15, 0.2) is 41.5 Å². The molecule has 0 atom stereocenters. The minimum Gasteiger partial charge on any atom is -0.282 e. The lowest BCUT2D eigenvalue weighted by atomic mass is 10.1. The summed E-state index contributed by atoms with van der Waals surface area (Å²) >= 11 is 0. The maximum absolute atomic E-state index is 12.1. The number of aromatic amines is 1. The van der Waals surface area contributed by atoms with Crippen LogP contribution in [0.5, 0.6) is 0 Å². The third kappa shape index (κ3) is 3.56. The molecule has 0 aliphatic heterocycles. The highest BCUT2D eigenvalue weighted by Crippen LogP contribution is 2.16. The summed E-state index contributed by atoms with van der Waals surface area (Å²) in [6, 6.07) is 11.6. The number of para-hydroxylation sites is 1. The van der Waals surface area contributed by atoms with Crippen molar-refractivity contribution in [3.63, 3.8) is 0 Å². The average molecular weight is 350 g/mol. The number of hydrogen-bond acceptors (Lipinski definition) is 4. The first-order valence-corrected chi connectivity index (χ1v) is 8.47. The smallest absolute Gasteiger partial charge is 0.282 e. The van der Waals surface area contributed by atoms with Gasteiger partial charge in [0.1, 0.15) is 0 Å². The average Bonchev–Trinajstić information content (AvgIpc) is 3.23. The van der Waals surface area contributed by atoms with Gasteiger partial charge in [0.15, 0.2) is 5.69 Å². The summed E-state index contributed by atoms with van der Waals surface area (Å²) in [4.78, 5) is 12.1. The Morgan fingerprint density at radius 1 is 1.27 bits per heavy atom. The Balaban J connectivity index is 1.74. The van der Waals surface area contributed by atoms with Gasteiger partial charge in [0.05, 0.1) is 23.3 Å². The number of H-pyrrole nitrogens is 1. The third-order valence-electron chi connectivity index (χ3n) is 4.16. The Morgan fingerprint density at radius 2 is 2.00 bits per heavy atom. The summed E-state index contributed by atoms with van der Waals surface area (Å²) in [5, 5.41) is 15.5. The third-order valence-corrected chi connectivity index (χ3v) is 4.16. The molecule has 0 unspecified atom stereocenters. The van der Waals surface area contributed by atoms with E-state index in [9.17, 15) is 4.79 Å². The number of nitrogens with zero attached hydrogens (tertiary/aromatic N) is 4. The van der Waals surface area contributed by atoms with Crippen molar-refractivity contribution in [1.29, 1.82) is 0 Å². The van der Waals surface area contributed by atoms with Crippen LogP contribution in [0.1, 0.15) is 52.9 Å². The van der Waals surface area contributed by atoms with Crippen molar-refractivity contribution >= 4 is 12.1 Å². The molecular formula is C19H22N6O. The minimum atomic E-state index is -0.352. The van der Waals surface area contributed by atoms with Gasteiger partial charge in [-0.05, 0) is 38.0 Å². The van der Waals surface area contributed by atoms with Crippen LogP contribution in [0.3, 0.4) is 0 Å². The van der Waals surface area contributed by atoms with Crippen molar-refractivity contribution in [2.45, 2.75) is 33.6 Å². The summed E-state index contributed by atoms with van der Waals surface area (Å²) < 4.78 is 1.86. The van der Waals surface area contributed by atoms with Crippen LogP contribution in [0, 0.1) is 13.8 Å². The van der Waals surface area contributed by atoms with E-state index in [4.69, 9.17) is 0 Å². The molecule has 0 saturated heterocycles. The first-order valence-electron chi connectivity index (χ1n) is 8.47. The number of amides is 1. The van der Waals surface area contributed by atoms with Crippen molar-refractivity contribution in [2.75, 3.05) is 0 Å². The second kappa shape index (κ2) is 7.35. The van der Waals surface area contributed by atoms with Crippen LogP contribution in [0.4, 0.5) is 0 Å². The zero-order chi connectivity index (χ0) is 18.7. The predicted octanol–water partition coefficient (Wildman–Crippen LogP) is 3.10. The van der Waals surface area contributed by atoms with Crippen LogP contribution < -0.4 is 5.43 Å². The molecule has 0 fully saturated rings. The summed E-state index contributed by atoms with van der Waals surface area (Å²) in [5.74, 6) is -0.0724. The van der Waals surface area contributed by atoms with E-state index in [-0.39, 0.29) is 11.8 Å². The van der Waals surface area contributed by atoms with Gasteiger partial charge in [-0.15, -0.1) is 0 Å². The van der Waals surface area contributed by atoms with Crippen LogP contribution in [0.2, 0.25) is 0 Å². The highest BCUT2D eigenvalue weighted by Gasteiger charge is 2.13. The molecule has 0 radical (unpaired) electrons. The topological polar surface area (TPSA) is 88.0 Å². The van der Waals surface area contributed by atoms with Crippen molar-refractivity contribution in [2.24, 2.45) is 5.10 Å². The standard InChI is InChI=1S/C19H22N6O/c1-12(2)17-10-18(22-21-17)19(26)23-20-11-16-13(3)24-25(14(16)4)15-8-6-5-7-9-15/h5-12H,1-4H3,(H,21,22)(H,23,26)/b20-11-. The van der Waals surface area contributed by atoms with Crippen molar-refractivity contribution in [1.82, 2.24) is 25.4 Å². The maximum Gasteiger partial charge on any atom is 0.291 e. The van der Waals surface area contributed by atoms with Crippen LogP contribution in [-0.4, -0.2) is 32.1 Å². The Labute approximate surface area is 152 Å². The van der Waals surface area contributed by atoms with E-state index in [0.717, 1.165) is 28.3 Å². The molecule has 0 saturated carbocycles. The van der Waals surface area contributed by atoms with E-state index in [0.29, 0.717) is 5.69 Å². The summed E-state index contributed by atoms with van der Waals surface area (Å²) in [6.07, 6.45) is 1.62. The van der Waals surface area contributed by atoms with Crippen LogP contribution >= 0.6 is 0 Å². The molecule has 0 spiro atoms. The van der Waals surface area contributed by atoms with Gasteiger partial charge in [0, 0.05) is 11.3 Å². The zero-order valence-corrected chi connectivity index (χ0v) is 15.3. The predicted molar refractivity (Wildman–Crippen MR) is 101 cm³/mol. The number of aromatic nitrogens is 4. The molecule has 2 heterocycles. The number of hydrogen-bond donors (Lipinski definition) is 2. The van der Waals surface area contributed by atoms with Crippen LogP contribution in [0.25, 0.3) is 5.69 Å². The lowest BCUT2D eigenvalue weighted by molar-refractivity contribution is 0.0950. The second-order valence-electron chi connectivity index (χ2n) is 6.39. The van der Waals surface area contributed by atoms with E-state index < -0.39 is 0 Å². The van der Waals surface area contributed by atoms with E-state index >= 15 is 0 Å². The Bertz CT molecular complexity index is 936. The maximum atomic E-state index is 12.1. The lowest BCUT2D eigenvalue weighted by Crippen LogP contribution is -2.18. The lowest BCUT2D eigenvalue weighted by Gasteiger charge is -2.03. The second-order valence-corrected chi connectivity index (χ2v) is 6.39. The number of carbonyl (C=O) groups excluding carboxylic acids is 1. The largest absolute Gasteiger partial charge is 0.291 e. The monoisotopic (exact) mass is 350 g/mol. The first-order chi connectivity index (χ1) is 12.5. The summed E-state index contributed by atoms with van der Waals surface area (Å²) in [5.41, 5.74) is 7.39. The van der Waals surface area contributed by atoms with Gasteiger partial charge < -0.3 is 0 Å². The molecular weight excluding hydrogens is 328 g/mol. The molecule has 2 N–H and O–H groups in total. The molecule has 2 aromatic heterocycles. The number of rotatable bonds is 5. The Kier molecular flexibility index (Phi) is 4.97. The number of nitrogens with one attached hydrogen (secondary N) is 2. The Hall–Kier alpha value is -3.22. The van der Waals surface area contributed by atoms with E-state index in [1.165, 1.54) is 0 Å². The molecule has 1 amide bonds. The Morgan fingerprint density at radius 3 is 2.65 bits per heavy atom. The van der Waals surface area contributed by atoms with Crippen molar-refractivity contribution in [3.05, 3.63) is 64.7 Å². The molecule has 0 bridgehead atoms. The van der Waals surface area contributed by atoms with Crippen molar-refractivity contribution in [3.8, 4) is 5.69 Å². The summed E-state index contributed by atoms with van der Waals surface area (Å²) in [7, 11) is 0. The molecule has 3 rings (SSSR count). The number of hydrazone groups is 1. The molecule has 7 heteroatoms. The molecule has 7 nitrogen and oxygen atoms in total. The fraction of sp³-hybridized carbons (Fsp3) is 0.263. The number of aryl methyl sites for hydroxylation is 1. The van der Waals surface area contributed by atoms with Gasteiger partial charge in [-0.2, -0.15) is 15.3 Å². The molecule has 0 aliphatic rings. The zero-order valence-electron chi connectivity index (χ0n) is 15.3. The van der Waals surface area contributed by atoms with Gasteiger partial charge in [-0.3, -0.25) is 9.89 Å². The normalized spacial score (nSPS) is 11.4. The van der Waals surface area contributed by atoms with E-state index in [1.807, 2.05) is 62.7 Å². The first kappa shape index (κ1) is 17.6. The van der Waals surface area contributed by atoms with Gasteiger partial charge >= 0.3 is 0 Å². The molecule has 3 aromatic rings. The number of benzene rings is 1. The van der Waals surface area contributed by atoms with Crippen LogP contribution in [-0.2, 0) is 0 Å². The molecule has 26 heavy (non-hydrogen) atoms. The SMILES string of the molecule is Cc1nn(-c2ccccc2)c(C)c1/C=N\NC(=O)c1cc(C(C)C)[nH]n1. The van der Waals surface area contributed by atoms with Gasteiger partial charge in [0.2, 0.25) is 0 Å². The quantitative estimate of drug-likeness (QED) is 0.547. The van der Waals surface area contributed by atoms with Gasteiger partial charge in [-0.25, -0.2) is 10.1 Å². The van der Waals surface area contributed by atoms with E-state index in [2.05, 4.69) is 25.8 Å². The molecule has 134 valence electrons. The molecule has 1 aromatic carbocycles. The molecule has 0 aliphatic carbocycles. The van der Waals surface area contributed by atoms with Gasteiger partial charge in [-0.1, -0.05) is 32.0 Å². The summed E-state index contributed by atoms with van der Waals surface area (Å²) in [6.45, 7) is 7.95. The highest BCUT2D eigenvalue weighted by molar-refractivity contribution is 5.93. The van der Waals surface area contributed by atoms with Gasteiger partial charge in [0.25, 0.3) is 5.91 Å². The minimum absolute atomic E-state index is 0.279. The number of carbonyl (C=O) groups is 1. The van der Waals surface area contributed by atoms with Crippen molar-refractivity contribution < 1.29 is 4.79 Å². The van der Waals surface area contributed by atoms with E-state index in [1.54, 1.807) is 12.3 Å².